The summed E-state index contributed by atoms with van der Waals surface area (Å²) >= 11 is 5.77. The van der Waals surface area contributed by atoms with Gasteiger partial charge in [0.25, 0.3) is 0 Å². The minimum Gasteiger partial charge on any atom is -0.328 e. The van der Waals surface area contributed by atoms with E-state index >= 15 is 0 Å². The van der Waals surface area contributed by atoms with Crippen LogP contribution in [0.4, 0.5) is 4.39 Å². The molecule has 0 saturated heterocycles. The van der Waals surface area contributed by atoms with Crippen LogP contribution in [0, 0.1) is 5.82 Å². The van der Waals surface area contributed by atoms with Crippen LogP contribution in [0.25, 0.3) is 0 Å². The van der Waals surface area contributed by atoms with Crippen LogP contribution < -0.4 is 5.73 Å². The molecular formula is C11H15ClFN. The Kier molecular flexibility index (Phi) is 4.36. The summed E-state index contributed by atoms with van der Waals surface area (Å²) in [5, 5.41) is 0.585. The molecule has 0 aliphatic heterocycles. The first-order valence-electron chi connectivity index (χ1n) is 4.79. The van der Waals surface area contributed by atoms with Crippen molar-refractivity contribution in [2.75, 3.05) is 0 Å². The highest BCUT2D eigenvalue weighted by Gasteiger charge is 2.03. The highest BCUT2D eigenvalue weighted by molar-refractivity contribution is 6.30. The average Bonchev–Trinajstić information content (AvgIpc) is 2.10. The van der Waals surface area contributed by atoms with Gasteiger partial charge in [-0.25, -0.2) is 4.39 Å². The summed E-state index contributed by atoms with van der Waals surface area (Å²) in [6, 6.07) is 4.82. The Hall–Kier alpha value is -0.600. The van der Waals surface area contributed by atoms with Crippen molar-refractivity contribution in [2.45, 2.75) is 32.2 Å². The van der Waals surface area contributed by atoms with Crippen LogP contribution in [0.5, 0.6) is 0 Å². The minimum atomic E-state index is -0.181. The van der Waals surface area contributed by atoms with Gasteiger partial charge in [-0.05, 0) is 49.9 Å². The van der Waals surface area contributed by atoms with E-state index in [2.05, 4.69) is 0 Å². The molecule has 1 unspecified atom stereocenters. The Morgan fingerprint density at radius 2 is 2.21 bits per heavy atom. The summed E-state index contributed by atoms with van der Waals surface area (Å²) in [6.45, 7) is 1.95. The maximum absolute atomic E-state index is 13.2. The first-order valence-corrected chi connectivity index (χ1v) is 5.17. The molecule has 0 aliphatic carbocycles. The van der Waals surface area contributed by atoms with Gasteiger partial charge in [0, 0.05) is 11.1 Å². The summed E-state index contributed by atoms with van der Waals surface area (Å²) < 4.78 is 13.2. The van der Waals surface area contributed by atoms with Crippen LogP contribution in [0.2, 0.25) is 5.02 Å². The molecule has 14 heavy (non-hydrogen) atoms. The maximum Gasteiger partial charge on any atom is 0.126 e. The first kappa shape index (κ1) is 11.5. The van der Waals surface area contributed by atoms with Gasteiger partial charge in [0.05, 0.1) is 0 Å². The molecule has 2 N–H and O–H groups in total. The minimum absolute atomic E-state index is 0.178. The Morgan fingerprint density at radius 3 is 2.86 bits per heavy atom. The van der Waals surface area contributed by atoms with E-state index in [1.54, 1.807) is 12.1 Å². The van der Waals surface area contributed by atoms with Crippen LogP contribution in [0.1, 0.15) is 25.3 Å². The summed E-state index contributed by atoms with van der Waals surface area (Å²) in [6.07, 6.45) is 2.51. The van der Waals surface area contributed by atoms with Crippen molar-refractivity contribution in [1.29, 1.82) is 0 Å². The van der Waals surface area contributed by atoms with Gasteiger partial charge in [-0.1, -0.05) is 11.6 Å². The van der Waals surface area contributed by atoms with E-state index < -0.39 is 0 Å². The van der Waals surface area contributed by atoms with Crippen molar-refractivity contribution in [3.63, 3.8) is 0 Å². The van der Waals surface area contributed by atoms with Crippen LogP contribution in [-0.4, -0.2) is 6.04 Å². The Balaban J connectivity index is 2.53. The number of hydrogen-bond donors (Lipinski definition) is 1. The van der Waals surface area contributed by atoms with Crippen LogP contribution in [0.3, 0.4) is 0 Å². The van der Waals surface area contributed by atoms with Crippen molar-refractivity contribution in [2.24, 2.45) is 5.73 Å². The van der Waals surface area contributed by atoms with Crippen molar-refractivity contribution < 1.29 is 4.39 Å². The highest BCUT2D eigenvalue weighted by Crippen LogP contribution is 2.16. The largest absolute Gasteiger partial charge is 0.328 e. The molecule has 0 aromatic heterocycles. The lowest BCUT2D eigenvalue weighted by Gasteiger charge is -2.06. The van der Waals surface area contributed by atoms with E-state index in [0.717, 1.165) is 12.8 Å². The van der Waals surface area contributed by atoms with Gasteiger partial charge in [-0.15, -0.1) is 0 Å². The van der Waals surface area contributed by atoms with E-state index in [1.165, 1.54) is 6.07 Å². The summed E-state index contributed by atoms with van der Waals surface area (Å²) in [4.78, 5) is 0. The van der Waals surface area contributed by atoms with Crippen molar-refractivity contribution in [3.8, 4) is 0 Å². The Morgan fingerprint density at radius 1 is 1.50 bits per heavy atom. The third kappa shape index (κ3) is 3.64. The van der Waals surface area contributed by atoms with Crippen molar-refractivity contribution in [3.05, 3.63) is 34.6 Å². The fourth-order valence-electron chi connectivity index (χ4n) is 1.35. The summed E-state index contributed by atoms with van der Waals surface area (Å²) in [5.41, 5.74) is 6.28. The zero-order valence-corrected chi connectivity index (χ0v) is 9.02. The molecule has 1 rings (SSSR count). The molecule has 0 bridgehead atoms. The monoisotopic (exact) mass is 215 g/mol. The second-order valence-corrected chi connectivity index (χ2v) is 4.04. The lowest BCUT2D eigenvalue weighted by Crippen LogP contribution is -2.14. The number of rotatable bonds is 4. The van der Waals surface area contributed by atoms with Gasteiger partial charge < -0.3 is 5.73 Å². The molecule has 1 nitrogen and oxygen atoms in total. The van der Waals surface area contributed by atoms with Gasteiger partial charge in [0.1, 0.15) is 5.82 Å². The van der Waals surface area contributed by atoms with E-state index in [0.29, 0.717) is 17.0 Å². The van der Waals surface area contributed by atoms with Crippen LogP contribution >= 0.6 is 11.6 Å². The lowest BCUT2D eigenvalue weighted by molar-refractivity contribution is 0.583. The topological polar surface area (TPSA) is 26.0 Å². The van der Waals surface area contributed by atoms with Gasteiger partial charge in [0.15, 0.2) is 0 Å². The summed E-state index contributed by atoms with van der Waals surface area (Å²) in [7, 11) is 0. The molecule has 0 spiro atoms. The molecule has 1 atom stereocenters. The molecule has 0 fully saturated rings. The number of aryl methyl sites for hydroxylation is 1. The lowest BCUT2D eigenvalue weighted by atomic mass is 10.1. The van der Waals surface area contributed by atoms with E-state index in [4.69, 9.17) is 17.3 Å². The number of halogens is 2. The number of benzene rings is 1. The molecule has 78 valence electrons. The molecule has 0 radical (unpaired) electrons. The van der Waals surface area contributed by atoms with Gasteiger partial charge in [-0.2, -0.15) is 0 Å². The second-order valence-electron chi connectivity index (χ2n) is 3.61. The first-order chi connectivity index (χ1) is 6.59. The highest BCUT2D eigenvalue weighted by atomic mass is 35.5. The molecule has 1 aromatic carbocycles. The second kappa shape index (κ2) is 5.32. The number of hydrogen-bond acceptors (Lipinski definition) is 1. The van der Waals surface area contributed by atoms with Crippen LogP contribution in [-0.2, 0) is 6.42 Å². The standard InChI is InChI=1S/C11H15ClFN/c1-8(14)3-2-4-9-7-10(12)5-6-11(9)13/h5-8H,2-4,14H2,1H3. The molecule has 3 heteroatoms. The predicted octanol–water partition coefficient (Wildman–Crippen LogP) is 3.15. The van der Waals surface area contributed by atoms with Gasteiger partial charge >= 0.3 is 0 Å². The Bertz CT molecular complexity index is 299. The smallest absolute Gasteiger partial charge is 0.126 e. The quantitative estimate of drug-likeness (QED) is 0.821. The van der Waals surface area contributed by atoms with Gasteiger partial charge in [-0.3, -0.25) is 0 Å². The molecular weight excluding hydrogens is 201 g/mol. The van der Waals surface area contributed by atoms with Gasteiger partial charge in [0.2, 0.25) is 0 Å². The predicted molar refractivity (Wildman–Crippen MR) is 58.0 cm³/mol. The van der Waals surface area contributed by atoms with Crippen molar-refractivity contribution in [1.82, 2.24) is 0 Å². The molecule has 0 aliphatic rings. The molecule has 0 heterocycles. The SMILES string of the molecule is CC(N)CCCc1cc(Cl)ccc1F. The zero-order valence-electron chi connectivity index (χ0n) is 8.26. The molecule has 0 saturated carbocycles. The van der Waals surface area contributed by atoms with Crippen molar-refractivity contribution >= 4 is 11.6 Å². The Labute approximate surface area is 89.1 Å². The number of nitrogens with two attached hydrogens (primary N) is 1. The fraction of sp³-hybridized carbons (Fsp3) is 0.455. The molecule has 0 amide bonds. The van der Waals surface area contributed by atoms with E-state index in [-0.39, 0.29) is 11.9 Å². The van der Waals surface area contributed by atoms with Crippen LogP contribution in [0.15, 0.2) is 18.2 Å². The molecule has 1 aromatic rings. The third-order valence-electron chi connectivity index (χ3n) is 2.11. The summed E-state index contributed by atoms with van der Waals surface area (Å²) in [5.74, 6) is -0.181. The van der Waals surface area contributed by atoms with E-state index in [1.807, 2.05) is 6.92 Å². The van der Waals surface area contributed by atoms with E-state index in [9.17, 15) is 4.39 Å². The average molecular weight is 216 g/mol. The fourth-order valence-corrected chi connectivity index (χ4v) is 1.54. The maximum atomic E-state index is 13.2. The third-order valence-corrected chi connectivity index (χ3v) is 2.35. The normalized spacial score (nSPS) is 12.9. The zero-order chi connectivity index (χ0) is 10.6.